The normalized spacial score (nSPS) is 12.4. The molecule has 1 heterocycles. The van der Waals surface area contributed by atoms with E-state index in [1.165, 1.54) is 0 Å². The first-order chi connectivity index (χ1) is 9.20. The smallest absolute Gasteiger partial charge is 0.312 e. The Morgan fingerprint density at radius 3 is 2.50 bits per heavy atom. The summed E-state index contributed by atoms with van der Waals surface area (Å²) in [7, 11) is 0. The van der Waals surface area contributed by atoms with Crippen LogP contribution in [0.4, 0.5) is 13.2 Å². The number of hydrogen-bond acceptors (Lipinski definition) is 3. The van der Waals surface area contributed by atoms with Gasteiger partial charge >= 0.3 is 6.36 Å². The Balaban J connectivity index is 2.57. The van der Waals surface area contributed by atoms with Gasteiger partial charge < -0.3 is 5.32 Å². The van der Waals surface area contributed by atoms with E-state index in [1.54, 1.807) is 4.68 Å². The second-order valence-electron chi connectivity index (χ2n) is 5.19. The minimum absolute atomic E-state index is 0.0936. The van der Waals surface area contributed by atoms with Crippen molar-refractivity contribution >= 4 is 0 Å². The maximum absolute atomic E-state index is 11.9. The predicted octanol–water partition coefficient (Wildman–Crippen LogP) is 2.78. The maximum Gasteiger partial charge on any atom is 0.522 e. The molecule has 20 heavy (non-hydrogen) atoms. The number of hydrogen-bond donors (Lipinski definition) is 1. The molecule has 7 heteroatoms. The first-order valence-corrected chi connectivity index (χ1v) is 6.65. The molecule has 0 aromatic carbocycles. The van der Waals surface area contributed by atoms with Crippen LogP contribution in [0.5, 0.6) is 0 Å². The van der Waals surface area contributed by atoms with Crippen LogP contribution in [-0.4, -0.2) is 29.3 Å². The first kappa shape index (κ1) is 17.0. The van der Waals surface area contributed by atoms with E-state index in [0.29, 0.717) is 12.5 Å². The number of aromatic nitrogens is 2. The van der Waals surface area contributed by atoms with Crippen molar-refractivity contribution in [3.05, 3.63) is 17.0 Å². The molecule has 0 atom stereocenters. The molecule has 116 valence electrons. The van der Waals surface area contributed by atoms with Crippen molar-refractivity contribution in [2.24, 2.45) is 5.92 Å². The van der Waals surface area contributed by atoms with Crippen molar-refractivity contribution < 1.29 is 17.9 Å². The molecule has 1 aromatic heterocycles. The molecule has 0 saturated carbocycles. The third kappa shape index (κ3) is 5.50. The highest BCUT2D eigenvalue weighted by Gasteiger charge is 2.28. The summed E-state index contributed by atoms with van der Waals surface area (Å²) in [6.45, 7) is 9.19. The van der Waals surface area contributed by atoms with Gasteiger partial charge in [-0.2, -0.15) is 5.10 Å². The van der Waals surface area contributed by atoms with Crippen LogP contribution >= 0.6 is 0 Å². The molecule has 0 bridgehead atoms. The molecule has 1 N–H and O–H groups in total. The van der Waals surface area contributed by atoms with Crippen molar-refractivity contribution in [3.8, 4) is 0 Å². The minimum atomic E-state index is -4.59. The fraction of sp³-hybridized carbons (Fsp3) is 0.769. The predicted molar refractivity (Wildman–Crippen MR) is 70.3 cm³/mol. The lowest BCUT2D eigenvalue weighted by Gasteiger charge is -2.09. The fourth-order valence-corrected chi connectivity index (χ4v) is 1.94. The zero-order valence-corrected chi connectivity index (χ0v) is 12.3. The van der Waals surface area contributed by atoms with Crippen molar-refractivity contribution in [3.63, 3.8) is 0 Å². The summed E-state index contributed by atoms with van der Waals surface area (Å²) in [5.74, 6) is 0.547. The number of alkyl halides is 3. The van der Waals surface area contributed by atoms with E-state index < -0.39 is 13.0 Å². The van der Waals surface area contributed by atoms with Crippen LogP contribution in [0.15, 0.2) is 0 Å². The number of nitrogens with one attached hydrogen (secondary N) is 1. The van der Waals surface area contributed by atoms with Gasteiger partial charge in [-0.15, -0.1) is 13.2 Å². The molecule has 0 aliphatic carbocycles. The Hall–Kier alpha value is -1.08. The van der Waals surface area contributed by atoms with Gasteiger partial charge in [0.1, 0.15) is 0 Å². The highest BCUT2D eigenvalue weighted by atomic mass is 19.4. The van der Waals surface area contributed by atoms with E-state index in [1.807, 2.05) is 13.8 Å². The van der Waals surface area contributed by atoms with Crippen LogP contribution in [-0.2, 0) is 17.8 Å². The van der Waals surface area contributed by atoms with Gasteiger partial charge in [0, 0.05) is 17.8 Å². The van der Waals surface area contributed by atoms with Crippen molar-refractivity contribution in [2.45, 2.75) is 47.1 Å². The van der Waals surface area contributed by atoms with Gasteiger partial charge in [-0.3, -0.25) is 9.42 Å². The van der Waals surface area contributed by atoms with Crippen LogP contribution in [0.25, 0.3) is 0 Å². The van der Waals surface area contributed by atoms with Gasteiger partial charge in [0.25, 0.3) is 0 Å². The lowest BCUT2D eigenvalue weighted by Crippen LogP contribution is -2.20. The standard InChI is InChI=1S/C13H22F3N3O/c1-9(2)7-17-8-12-10(3)18-19(11(12)4)5-6-20-13(14,15)16/h9,17H,5-8H2,1-4H3. The van der Waals surface area contributed by atoms with E-state index in [9.17, 15) is 13.2 Å². The molecule has 0 fully saturated rings. The largest absolute Gasteiger partial charge is 0.522 e. The van der Waals surface area contributed by atoms with Crippen molar-refractivity contribution in [1.82, 2.24) is 15.1 Å². The molecule has 0 aliphatic rings. The second-order valence-corrected chi connectivity index (χ2v) is 5.19. The van der Waals surface area contributed by atoms with Crippen LogP contribution in [0.3, 0.4) is 0 Å². The van der Waals surface area contributed by atoms with E-state index in [4.69, 9.17) is 0 Å². The highest BCUT2D eigenvalue weighted by Crippen LogP contribution is 2.17. The molecule has 1 aromatic rings. The molecule has 0 radical (unpaired) electrons. The summed E-state index contributed by atoms with van der Waals surface area (Å²) < 4.78 is 41.1. The SMILES string of the molecule is Cc1nn(CCOC(F)(F)F)c(C)c1CNCC(C)C. The van der Waals surface area contributed by atoms with Crippen LogP contribution in [0, 0.1) is 19.8 Å². The third-order valence-corrected chi connectivity index (χ3v) is 2.95. The van der Waals surface area contributed by atoms with Gasteiger partial charge in [0.2, 0.25) is 0 Å². The second kappa shape index (κ2) is 7.08. The first-order valence-electron chi connectivity index (χ1n) is 6.65. The van der Waals surface area contributed by atoms with E-state index in [0.717, 1.165) is 23.5 Å². The quantitative estimate of drug-likeness (QED) is 0.840. The number of ether oxygens (including phenoxy) is 1. The summed E-state index contributed by atoms with van der Waals surface area (Å²) >= 11 is 0. The van der Waals surface area contributed by atoms with Gasteiger partial charge in [-0.05, 0) is 26.3 Å². The summed E-state index contributed by atoms with van der Waals surface area (Å²) in [5, 5.41) is 7.57. The Kier molecular flexibility index (Phi) is 6.01. The van der Waals surface area contributed by atoms with Gasteiger partial charge in [0.05, 0.1) is 18.8 Å². The highest BCUT2D eigenvalue weighted by molar-refractivity contribution is 5.24. The van der Waals surface area contributed by atoms with E-state index >= 15 is 0 Å². The lowest BCUT2D eigenvalue weighted by atomic mass is 10.2. The van der Waals surface area contributed by atoms with Crippen molar-refractivity contribution in [2.75, 3.05) is 13.2 Å². The van der Waals surface area contributed by atoms with Gasteiger partial charge in [-0.1, -0.05) is 13.8 Å². The zero-order valence-electron chi connectivity index (χ0n) is 12.3. The number of rotatable bonds is 7. The van der Waals surface area contributed by atoms with E-state index in [-0.39, 0.29) is 6.54 Å². The molecular formula is C13H22F3N3O. The molecule has 0 saturated heterocycles. The number of nitrogens with zero attached hydrogens (tertiary/aromatic N) is 2. The van der Waals surface area contributed by atoms with Crippen LogP contribution < -0.4 is 5.32 Å². The fourth-order valence-electron chi connectivity index (χ4n) is 1.94. The van der Waals surface area contributed by atoms with E-state index in [2.05, 4.69) is 29.0 Å². The Morgan fingerprint density at radius 1 is 1.30 bits per heavy atom. The number of halogens is 3. The molecule has 4 nitrogen and oxygen atoms in total. The Labute approximate surface area is 117 Å². The van der Waals surface area contributed by atoms with Crippen molar-refractivity contribution in [1.29, 1.82) is 0 Å². The van der Waals surface area contributed by atoms with Gasteiger partial charge in [-0.25, -0.2) is 0 Å². The average molecular weight is 293 g/mol. The molecule has 0 amide bonds. The summed E-state index contributed by atoms with van der Waals surface area (Å²) in [4.78, 5) is 0. The molecule has 1 rings (SSSR count). The zero-order chi connectivity index (χ0) is 15.3. The van der Waals surface area contributed by atoms with Gasteiger partial charge in [0.15, 0.2) is 0 Å². The molecule has 0 unspecified atom stereocenters. The summed E-state index contributed by atoms with van der Waals surface area (Å²) in [5.41, 5.74) is 2.76. The third-order valence-electron chi connectivity index (χ3n) is 2.95. The summed E-state index contributed by atoms with van der Waals surface area (Å²) in [6.07, 6.45) is -4.59. The van der Waals surface area contributed by atoms with Crippen LogP contribution in [0.2, 0.25) is 0 Å². The number of aryl methyl sites for hydroxylation is 1. The molecule has 0 spiro atoms. The Morgan fingerprint density at radius 2 is 1.95 bits per heavy atom. The summed E-state index contributed by atoms with van der Waals surface area (Å²) in [6, 6.07) is 0. The maximum atomic E-state index is 11.9. The lowest BCUT2D eigenvalue weighted by molar-refractivity contribution is -0.325. The monoisotopic (exact) mass is 293 g/mol. The Bertz CT molecular complexity index is 427. The average Bonchev–Trinajstić information content (AvgIpc) is 2.54. The molecule has 0 aliphatic heterocycles. The topological polar surface area (TPSA) is 39.1 Å². The minimum Gasteiger partial charge on any atom is -0.312 e. The molecular weight excluding hydrogens is 271 g/mol. The van der Waals surface area contributed by atoms with Crippen LogP contribution in [0.1, 0.15) is 30.8 Å².